The number of nitrogens with zero attached hydrogens (tertiary/aromatic N) is 2. The molecule has 0 aliphatic rings. The summed E-state index contributed by atoms with van der Waals surface area (Å²) in [6.45, 7) is 3.34. The van der Waals surface area contributed by atoms with Crippen molar-refractivity contribution in [3.8, 4) is 11.5 Å². The molecule has 1 amide bonds. The number of carbonyl (C=O) groups is 3. The average molecular weight is 455 g/mol. The summed E-state index contributed by atoms with van der Waals surface area (Å²) in [5.74, 6) is -1.45. The standard InChI is InChI=1S/C22H21N3O6S/c1-3-13-7-16(12(2)26)18(27)9-19(13)31-10-14-5-4-6-17(23-14)21(30)25-22-24-15(11-32-22)8-20(28)29/h4-7,9,11,27H,3,8,10H2,1-2H3,(H,28,29)(H,24,25,30). The Labute approximate surface area is 187 Å². The zero-order chi connectivity index (χ0) is 23.3. The molecule has 0 spiro atoms. The van der Waals surface area contributed by atoms with Gasteiger partial charge >= 0.3 is 5.97 Å². The zero-order valence-electron chi connectivity index (χ0n) is 17.4. The predicted octanol–water partition coefficient (Wildman–Crippen LogP) is 3.47. The molecule has 9 nitrogen and oxygen atoms in total. The molecule has 2 aromatic heterocycles. The summed E-state index contributed by atoms with van der Waals surface area (Å²) in [7, 11) is 0. The Morgan fingerprint density at radius 3 is 2.62 bits per heavy atom. The number of phenols is 1. The number of ether oxygens (including phenoxy) is 1. The Bertz CT molecular complexity index is 1170. The highest BCUT2D eigenvalue weighted by atomic mass is 32.1. The fraction of sp³-hybridized carbons (Fsp3) is 0.227. The Hall–Kier alpha value is -3.79. The van der Waals surface area contributed by atoms with E-state index in [1.165, 1.54) is 19.1 Å². The van der Waals surface area contributed by atoms with Gasteiger partial charge in [0.15, 0.2) is 10.9 Å². The lowest BCUT2D eigenvalue weighted by Gasteiger charge is -2.13. The van der Waals surface area contributed by atoms with E-state index in [0.29, 0.717) is 23.6 Å². The number of thiazole rings is 1. The summed E-state index contributed by atoms with van der Waals surface area (Å²) >= 11 is 1.13. The molecular weight excluding hydrogens is 434 g/mol. The SMILES string of the molecule is CCc1cc(C(C)=O)c(O)cc1OCc1cccc(C(=O)Nc2nc(CC(=O)O)cs2)n1. The van der Waals surface area contributed by atoms with Crippen LogP contribution in [0.15, 0.2) is 35.7 Å². The molecule has 0 fully saturated rings. The van der Waals surface area contributed by atoms with Crippen LogP contribution in [0.2, 0.25) is 0 Å². The molecule has 0 unspecified atom stereocenters. The van der Waals surface area contributed by atoms with E-state index in [1.807, 2.05) is 6.92 Å². The second-order valence-corrected chi connectivity index (χ2v) is 7.72. The van der Waals surface area contributed by atoms with Gasteiger partial charge in [-0.2, -0.15) is 0 Å². The van der Waals surface area contributed by atoms with Gasteiger partial charge in [0.2, 0.25) is 0 Å². The molecule has 0 saturated carbocycles. The minimum Gasteiger partial charge on any atom is -0.507 e. The maximum absolute atomic E-state index is 12.5. The predicted molar refractivity (Wildman–Crippen MR) is 117 cm³/mol. The number of anilines is 1. The first kappa shape index (κ1) is 22.9. The second-order valence-electron chi connectivity index (χ2n) is 6.86. The molecule has 166 valence electrons. The van der Waals surface area contributed by atoms with Crippen LogP contribution in [0.3, 0.4) is 0 Å². The number of phenolic OH excluding ortho intramolecular Hbond substituents is 1. The number of ketones is 1. The highest BCUT2D eigenvalue weighted by Gasteiger charge is 2.15. The fourth-order valence-corrected chi connectivity index (χ4v) is 3.61. The largest absolute Gasteiger partial charge is 0.507 e. The molecule has 0 radical (unpaired) electrons. The third kappa shape index (κ3) is 5.67. The van der Waals surface area contributed by atoms with E-state index in [9.17, 15) is 19.5 Å². The van der Waals surface area contributed by atoms with Crippen LogP contribution in [-0.4, -0.2) is 37.8 Å². The molecule has 0 aliphatic carbocycles. The summed E-state index contributed by atoms with van der Waals surface area (Å²) in [4.78, 5) is 43.2. The molecule has 0 atom stereocenters. The molecule has 1 aromatic carbocycles. The lowest BCUT2D eigenvalue weighted by Crippen LogP contribution is -2.15. The number of pyridine rings is 1. The van der Waals surface area contributed by atoms with Crippen LogP contribution in [0.25, 0.3) is 0 Å². The monoisotopic (exact) mass is 455 g/mol. The maximum Gasteiger partial charge on any atom is 0.309 e. The van der Waals surface area contributed by atoms with Crippen molar-refractivity contribution in [2.24, 2.45) is 0 Å². The molecule has 32 heavy (non-hydrogen) atoms. The number of aryl methyl sites for hydroxylation is 1. The van der Waals surface area contributed by atoms with Crippen molar-refractivity contribution in [3.63, 3.8) is 0 Å². The Morgan fingerprint density at radius 2 is 1.94 bits per heavy atom. The number of aromatic hydroxyl groups is 1. The number of rotatable bonds is 9. The first-order valence-corrected chi connectivity index (χ1v) is 10.6. The van der Waals surface area contributed by atoms with E-state index in [1.54, 1.807) is 23.6 Å². The van der Waals surface area contributed by atoms with E-state index >= 15 is 0 Å². The minimum atomic E-state index is -1.00. The summed E-state index contributed by atoms with van der Waals surface area (Å²) in [5.41, 5.74) is 1.99. The molecule has 0 bridgehead atoms. The summed E-state index contributed by atoms with van der Waals surface area (Å²) in [6.07, 6.45) is 0.379. The van der Waals surface area contributed by atoms with Gasteiger partial charge in [-0.15, -0.1) is 11.3 Å². The van der Waals surface area contributed by atoms with Gasteiger partial charge in [-0.25, -0.2) is 9.97 Å². The number of Topliss-reactive ketones (excluding diaryl/α,β-unsaturated/α-hetero) is 1. The number of nitrogens with one attached hydrogen (secondary N) is 1. The van der Waals surface area contributed by atoms with Crippen LogP contribution in [0, 0.1) is 0 Å². The summed E-state index contributed by atoms with van der Waals surface area (Å²) in [6, 6.07) is 7.91. The lowest BCUT2D eigenvalue weighted by molar-refractivity contribution is -0.136. The number of benzene rings is 1. The van der Waals surface area contributed by atoms with E-state index in [2.05, 4.69) is 15.3 Å². The van der Waals surface area contributed by atoms with Crippen molar-refractivity contribution in [1.29, 1.82) is 0 Å². The number of carboxylic acid groups (broad SMARTS) is 1. The van der Waals surface area contributed by atoms with Gasteiger partial charge in [-0.1, -0.05) is 13.0 Å². The highest BCUT2D eigenvalue weighted by molar-refractivity contribution is 7.14. The van der Waals surface area contributed by atoms with Gasteiger partial charge in [0.1, 0.15) is 23.8 Å². The molecule has 10 heteroatoms. The van der Waals surface area contributed by atoms with Crippen molar-refractivity contribution in [3.05, 3.63) is 63.9 Å². The Morgan fingerprint density at radius 1 is 1.16 bits per heavy atom. The van der Waals surface area contributed by atoms with Crippen LogP contribution in [0.1, 0.15) is 51.6 Å². The zero-order valence-corrected chi connectivity index (χ0v) is 18.2. The third-order valence-electron chi connectivity index (χ3n) is 4.46. The number of carbonyl (C=O) groups excluding carboxylic acids is 2. The topological polar surface area (TPSA) is 139 Å². The van der Waals surface area contributed by atoms with Gasteiger partial charge in [0, 0.05) is 11.4 Å². The molecule has 3 rings (SSSR count). The summed E-state index contributed by atoms with van der Waals surface area (Å²) < 4.78 is 5.79. The van der Waals surface area contributed by atoms with E-state index in [0.717, 1.165) is 16.9 Å². The van der Waals surface area contributed by atoms with Gasteiger partial charge in [0.05, 0.1) is 23.4 Å². The number of hydrogen-bond acceptors (Lipinski definition) is 8. The van der Waals surface area contributed by atoms with E-state index in [-0.39, 0.29) is 40.9 Å². The second kappa shape index (κ2) is 10.0. The fourth-order valence-electron chi connectivity index (χ4n) is 2.91. The van der Waals surface area contributed by atoms with Crippen molar-refractivity contribution >= 4 is 34.1 Å². The van der Waals surface area contributed by atoms with Crippen molar-refractivity contribution in [2.45, 2.75) is 33.3 Å². The minimum absolute atomic E-state index is 0.0486. The smallest absolute Gasteiger partial charge is 0.309 e. The van der Waals surface area contributed by atoms with Crippen LogP contribution in [0.4, 0.5) is 5.13 Å². The number of hydrogen-bond donors (Lipinski definition) is 3. The quantitative estimate of drug-likeness (QED) is 0.417. The number of aliphatic carboxylic acids is 1. The van der Waals surface area contributed by atoms with Crippen LogP contribution >= 0.6 is 11.3 Å². The van der Waals surface area contributed by atoms with Gasteiger partial charge in [-0.05, 0) is 37.1 Å². The Balaban J connectivity index is 1.69. The Kier molecular flexibility index (Phi) is 7.16. The first-order valence-electron chi connectivity index (χ1n) is 9.70. The van der Waals surface area contributed by atoms with Crippen LogP contribution in [0.5, 0.6) is 11.5 Å². The molecule has 3 N–H and O–H groups in total. The van der Waals surface area contributed by atoms with Gasteiger partial charge in [0.25, 0.3) is 5.91 Å². The van der Waals surface area contributed by atoms with Crippen LogP contribution < -0.4 is 10.1 Å². The van der Waals surface area contributed by atoms with Gasteiger partial charge in [-0.3, -0.25) is 19.7 Å². The first-order chi connectivity index (χ1) is 15.3. The number of aromatic nitrogens is 2. The molecule has 0 aliphatic heterocycles. The normalized spacial score (nSPS) is 10.6. The van der Waals surface area contributed by atoms with E-state index < -0.39 is 11.9 Å². The van der Waals surface area contributed by atoms with Gasteiger partial charge < -0.3 is 14.9 Å². The molecule has 3 aromatic rings. The number of carboxylic acids is 1. The molecule has 2 heterocycles. The molecule has 0 saturated heterocycles. The van der Waals surface area contributed by atoms with Crippen molar-refractivity contribution < 1.29 is 29.3 Å². The molecular formula is C22H21N3O6S. The number of amides is 1. The lowest BCUT2D eigenvalue weighted by atomic mass is 10.0. The third-order valence-corrected chi connectivity index (χ3v) is 5.27. The van der Waals surface area contributed by atoms with Crippen molar-refractivity contribution in [2.75, 3.05) is 5.32 Å². The average Bonchev–Trinajstić information content (AvgIpc) is 3.18. The maximum atomic E-state index is 12.5. The highest BCUT2D eigenvalue weighted by Crippen LogP contribution is 2.30. The van der Waals surface area contributed by atoms with Crippen molar-refractivity contribution in [1.82, 2.24) is 9.97 Å². The van der Waals surface area contributed by atoms with E-state index in [4.69, 9.17) is 9.84 Å². The van der Waals surface area contributed by atoms with Crippen LogP contribution in [-0.2, 0) is 24.2 Å². The summed E-state index contributed by atoms with van der Waals surface area (Å²) in [5, 5.41) is 23.3.